The number of aromatic amines is 1. The summed E-state index contributed by atoms with van der Waals surface area (Å²) in [6.07, 6.45) is 0. The highest BCUT2D eigenvalue weighted by Gasteiger charge is 2.11. The summed E-state index contributed by atoms with van der Waals surface area (Å²) in [5, 5.41) is 5.95. The van der Waals surface area contributed by atoms with Gasteiger partial charge in [0, 0.05) is 21.8 Å². The molecule has 0 aliphatic rings. The Labute approximate surface area is 208 Å². The van der Waals surface area contributed by atoms with Crippen LogP contribution in [0.25, 0.3) is 22.2 Å². The molecule has 7 nitrogen and oxygen atoms in total. The zero-order valence-electron chi connectivity index (χ0n) is 18.3. The van der Waals surface area contributed by atoms with E-state index in [2.05, 4.69) is 36.5 Å². The molecular formula is C27H19BrN4O3. The molecule has 0 saturated heterocycles. The van der Waals surface area contributed by atoms with Crippen molar-refractivity contribution in [3.63, 3.8) is 0 Å². The predicted octanol–water partition coefficient (Wildman–Crippen LogP) is 6.08. The van der Waals surface area contributed by atoms with Gasteiger partial charge in [0.1, 0.15) is 0 Å². The lowest BCUT2D eigenvalue weighted by molar-refractivity contribution is 0.0977. The van der Waals surface area contributed by atoms with Gasteiger partial charge in [0.2, 0.25) is 5.96 Å². The van der Waals surface area contributed by atoms with Crippen molar-refractivity contribution >= 4 is 50.3 Å². The number of H-pyrrole nitrogens is 1. The third-order valence-corrected chi connectivity index (χ3v) is 5.77. The summed E-state index contributed by atoms with van der Waals surface area (Å²) in [7, 11) is 0. The summed E-state index contributed by atoms with van der Waals surface area (Å²) < 4.78 is 6.02. The van der Waals surface area contributed by atoms with Crippen molar-refractivity contribution < 1.29 is 9.21 Å². The molecule has 1 heterocycles. The Hall–Kier alpha value is -4.43. The maximum absolute atomic E-state index is 12.9. The SMILES string of the molecule is O=C(NC(=Nc1ccc(-c2ccccc2)cc1)Nc1ccc2[nH]c(=O)oc2c1)c1ccc(Br)cc1. The molecule has 0 saturated carbocycles. The number of carbonyl (C=O) groups excluding carboxylic acids is 1. The van der Waals surface area contributed by atoms with Gasteiger partial charge in [-0.2, -0.15) is 0 Å². The van der Waals surface area contributed by atoms with Crippen molar-refractivity contribution in [2.45, 2.75) is 0 Å². The van der Waals surface area contributed by atoms with Crippen LogP contribution in [0.15, 0.2) is 116 Å². The highest BCUT2D eigenvalue weighted by atomic mass is 79.9. The number of hydrogen-bond donors (Lipinski definition) is 3. The molecule has 0 bridgehead atoms. The largest absolute Gasteiger partial charge is 0.417 e. The summed E-state index contributed by atoms with van der Waals surface area (Å²) in [5.74, 6) is -0.630. The lowest BCUT2D eigenvalue weighted by Gasteiger charge is -2.12. The maximum Gasteiger partial charge on any atom is 0.417 e. The number of hydrogen-bond acceptors (Lipinski definition) is 4. The smallest absolute Gasteiger partial charge is 0.408 e. The van der Waals surface area contributed by atoms with Crippen LogP contribution in [-0.2, 0) is 0 Å². The third kappa shape index (κ3) is 5.39. The second kappa shape index (κ2) is 9.82. The van der Waals surface area contributed by atoms with Crippen molar-refractivity contribution in [3.8, 4) is 11.1 Å². The van der Waals surface area contributed by atoms with Gasteiger partial charge in [0.15, 0.2) is 5.58 Å². The number of oxazole rings is 1. The Kier molecular flexibility index (Phi) is 6.28. The Morgan fingerprint density at radius 2 is 1.57 bits per heavy atom. The molecule has 35 heavy (non-hydrogen) atoms. The van der Waals surface area contributed by atoms with Gasteiger partial charge in [-0.1, -0.05) is 58.4 Å². The third-order valence-electron chi connectivity index (χ3n) is 5.24. The van der Waals surface area contributed by atoms with Crippen molar-refractivity contribution in [1.82, 2.24) is 10.3 Å². The molecule has 1 aromatic heterocycles. The van der Waals surface area contributed by atoms with E-state index in [9.17, 15) is 9.59 Å². The van der Waals surface area contributed by atoms with E-state index in [0.717, 1.165) is 15.6 Å². The number of nitrogens with zero attached hydrogens (tertiary/aromatic N) is 1. The van der Waals surface area contributed by atoms with Crippen molar-refractivity contribution in [3.05, 3.63) is 118 Å². The first-order valence-electron chi connectivity index (χ1n) is 10.7. The van der Waals surface area contributed by atoms with Gasteiger partial charge in [0.05, 0.1) is 11.2 Å². The Balaban J connectivity index is 1.45. The van der Waals surface area contributed by atoms with Gasteiger partial charge < -0.3 is 9.73 Å². The average molecular weight is 527 g/mol. The molecule has 8 heteroatoms. The molecule has 0 aliphatic heterocycles. The van der Waals surface area contributed by atoms with Gasteiger partial charge in [-0.25, -0.2) is 9.79 Å². The topological polar surface area (TPSA) is 99.5 Å². The van der Waals surface area contributed by atoms with E-state index in [-0.39, 0.29) is 11.9 Å². The molecule has 0 radical (unpaired) electrons. The summed E-state index contributed by atoms with van der Waals surface area (Å²) in [6, 6.07) is 29.9. The first-order chi connectivity index (χ1) is 17.0. The quantitative estimate of drug-likeness (QED) is 0.195. The van der Waals surface area contributed by atoms with Crippen LogP contribution in [0.2, 0.25) is 0 Å². The minimum Gasteiger partial charge on any atom is -0.408 e. The van der Waals surface area contributed by atoms with Gasteiger partial charge in [-0.15, -0.1) is 0 Å². The van der Waals surface area contributed by atoms with Crippen molar-refractivity contribution in [1.29, 1.82) is 0 Å². The van der Waals surface area contributed by atoms with Gasteiger partial charge in [-0.05, 0) is 59.7 Å². The van der Waals surface area contributed by atoms with Crippen molar-refractivity contribution in [2.24, 2.45) is 4.99 Å². The Bertz CT molecular complexity index is 1570. The van der Waals surface area contributed by atoms with E-state index < -0.39 is 5.76 Å². The molecule has 0 spiro atoms. The molecule has 4 aromatic carbocycles. The normalized spacial score (nSPS) is 11.4. The number of nitrogens with one attached hydrogen (secondary N) is 3. The summed E-state index contributed by atoms with van der Waals surface area (Å²) in [5.41, 5.74) is 4.86. The van der Waals surface area contributed by atoms with E-state index in [0.29, 0.717) is 28.0 Å². The van der Waals surface area contributed by atoms with Crippen LogP contribution in [0.3, 0.4) is 0 Å². The standard InChI is InChI=1S/C27H19BrN4O3/c28-20-10-6-19(7-11-20)25(33)32-26(30-22-14-15-23-24(16-22)35-27(34)31-23)29-21-12-8-18(9-13-21)17-4-2-1-3-5-17/h1-16H,(H,31,34)(H2,29,30,32,33). The van der Waals surface area contributed by atoms with Crippen LogP contribution in [0.5, 0.6) is 0 Å². The molecule has 1 amide bonds. The first-order valence-corrected chi connectivity index (χ1v) is 11.5. The summed E-state index contributed by atoms with van der Waals surface area (Å²) >= 11 is 3.38. The van der Waals surface area contributed by atoms with Crippen molar-refractivity contribution in [2.75, 3.05) is 5.32 Å². The molecule has 172 valence electrons. The number of guanidine groups is 1. The lowest BCUT2D eigenvalue weighted by atomic mass is 10.1. The van der Waals surface area contributed by atoms with Crippen LogP contribution in [0.4, 0.5) is 11.4 Å². The van der Waals surface area contributed by atoms with Gasteiger partial charge in [-0.3, -0.25) is 15.1 Å². The zero-order valence-corrected chi connectivity index (χ0v) is 19.9. The number of fused-ring (bicyclic) bond motifs is 1. The van der Waals surface area contributed by atoms with E-state index in [1.807, 2.05) is 54.6 Å². The number of benzene rings is 4. The van der Waals surface area contributed by atoms with Gasteiger partial charge >= 0.3 is 5.76 Å². The molecular weight excluding hydrogens is 508 g/mol. The van der Waals surface area contributed by atoms with E-state index >= 15 is 0 Å². The number of aliphatic imine (C=N–C) groups is 1. The number of rotatable bonds is 4. The fourth-order valence-electron chi connectivity index (χ4n) is 3.52. The second-order valence-electron chi connectivity index (χ2n) is 7.68. The molecule has 5 rings (SSSR count). The van der Waals surface area contributed by atoms with E-state index in [1.165, 1.54) is 0 Å². The first kappa shape index (κ1) is 22.4. The summed E-state index contributed by atoms with van der Waals surface area (Å²) in [4.78, 5) is 31.6. The second-order valence-corrected chi connectivity index (χ2v) is 8.60. The van der Waals surface area contributed by atoms with Crippen LogP contribution in [0.1, 0.15) is 10.4 Å². The maximum atomic E-state index is 12.9. The molecule has 5 aromatic rings. The monoisotopic (exact) mass is 526 g/mol. The fourth-order valence-corrected chi connectivity index (χ4v) is 3.78. The van der Waals surface area contributed by atoms with Crippen LogP contribution in [-0.4, -0.2) is 16.9 Å². The minimum absolute atomic E-state index is 0.225. The fraction of sp³-hybridized carbons (Fsp3) is 0. The van der Waals surface area contributed by atoms with Crippen LogP contribution >= 0.6 is 15.9 Å². The number of anilines is 1. The molecule has 0 aliphatic carbocycles. The number of aromatic nitrogens is 1. The summed E-state index contributed by atoms with van der Waals surface area (Å²) in [6.45, 7) is 0. The van der Waals surface area contributed by atoms with Crippen LogP contribution < -0.4 is 16.4 Å². The average Bonchev–Trinajstić information content (AvgIpc) is 3.24. The number of amides is 1. The minimum atomic E-state index is -0.534. The molecule has 0 unspecified atom stereocenters. The molecule has 3 N–H and O–H groups in total. The molecule has 0 atom stereocenters. The number of halogens is 1. The van der Waals surface area contributed by atoms with Crippen LogP contribution in [0, 0.1) is 0 Å². The molecule has 0 fully saturated rings. The van der Waals surface area contributed by atoms with Gasteiger partial charge in [0.25, 0.3) is 5.91 Å². The highest BCUT2D eigenvalue weighted by molar-refractivity contribution is 9.10. The van der Waals surface area contributed by atoms with E-state index in [1.54, 1.807) is 42.5 Å². The van der Waals surface area contributed by atoms with E-state index in [4.69, 9.17) is 4.42 Å². The zero-order chi connectivity index (χ0) is 24.2. The Morgan fingerprint density at radius 1 is 0.857 bits per heavy atom. The lowest BCUT2D eigenvalue weighted by Crippen LogP contribution is -2.35. The number of carbonyl (C=O) groups is 1. The highest BCUT2D eigenvalue weighted by Crippen LogP contribution is 2.23. The predicted molar refractivity (Wildman–Crippen MR) is 141 cm³/mol. The Morgan fingerprint density at radius 3 is 2.31 bits per heavy atom.